The molecule has 1 saturated heterocycles. The second kappa shape index (κ2) is 9.16. The molecule has 1 amide bonds. The zero-order valence-corrected chi connectivity index (χ0v) is 19.5. The van der Waals surface area contributed by atoms with Crippen molar-refractivity contribution in [3.05, 3.63) is 74.8 Å². The SMILES string of the molecule is Cc1ccc(CN(Cc2ccco2)C(=O)c2cc(S(=O)(=O)N3CCCC3)ccc2Cl)s1. The average Bonchev–Trinajstić information content (AvgIpc) is 3.51. The normalized spacial score (nSPS) is 14.8. The predicted molar refractivity (Wildman–Crippen MR) is 121 cm³/mol. The molecular weight excluding hydrogens is 456 g/mol. The molecule has 0 atom stereocenters. The summed E-state index contributed by atoms with van der Waals surface area (Å²) in [7, 11) is -3.66. The average molecular weight is 479 g/mol. The Balaban J connectivity index is 1.66. The van der Waals surface area contributed by atoms with E-state index in [1.807, 2.05) is 19.1 Å². The van der Waals surface area contributed by atoms with Gasteiger partial charge in [0, 0.05) is 22.8 Å². The molecule has 0 N–H and O–H groups in total. The highest BCUT2D eigenvalue weighted by atomic mass is 35.5. The molecule has 0 aliphatic carbocycles. The maximum Gasteiger partial charge on any atom is 0.256 e. The summed E-state index contributed by atoms with van der Waals surface area (Å²) in [6.07, 6.45) is 3.25. The lowest BCUT2D eigenvalue weighted by atomic mass is 10.2. The van der Waals surface area contributed by atoms with Crippen LogP contribution in [0.4, 0.5) is 0 Å². The lowest BCUT2D eigenvalue weighted by molar-refractivity contribution is 0.0719. The van der Waals surface area contributed by atoms with E-state index in [2.05, 4.69) is 0 Å². The summed E-state index contributed by atoms with van der Waals surface area (Å²) in [5, 5.41) is 0.220. The number of amides is 1. The summed E-state index contributed by atoms with van der Waals surface area (Å²) in [6.45, 7) is 3.63. The lowest BCUT2D eigenvalue weighted by Gasteiger charge is -2.22. The number of carbonyl (C=O) groups is 1. The highest BCUT2D eigenvalue weighted by molar-refractivity contribution is 7.89. The van der Waals surface area contributed by atoms with Crippen LogP contribution in [0, 0.1) is 6.92 Å². The predicted octanol–water partition coefficient (Wildman–Crippen LogP) is 4.93. The van der Waals surface area contributed by atoms with E-state index in [-0.39, 0.29) is 27.9 Å². The minimum atomic E-state index is -3.66. The van der Waals surface area contributed by atoms with Gasteiger partial charge in [0.25, 0.3) is 5.91 Å². The molecule has 0 unspecified atom stereocenters. The summed E-state index contributed by atoms with van der Waals surface area (Å²) < 4.78 is 32.9. The van der Waals surface area contributed by atoms with Crippen molar-refractivity contribution in [3.8, 4) is 0 Å². The van der Waals surface area contributed by atoms with E-state index in [4.69, 9.17) is 16.0 Å². The molecule has 4 rings (SSSR count). The number of hydrogen-bond acceptors (Lipinski definition) is 5. The van der Waals surface area contributed by atoms with Crippen LogP contribution in [0.15, 0.2) is 58.0 Å². The number of nitrogens with zero attached hydrogens (tertiary/aromatic N) is 2. The Labute approximate surface area is 191 Å². The number of furan rings is 1. The third-order valence-corrected chi connectivity index (χ3v) is 8.44. The van der Waals surface area contributed by atoms with E-state index in [9.17, 15) is 13.2 Å². The van der Waals surface area contributed by atoms with Gasteiger partial charge in [0.15, 0.2) is 0 Å². The molecule has 9 heteroatoms. The topological polar surface area (TPSA) is 70.8 Å². The van der Waals surface area contributed by atoms with E-state index in [1.165, 1.54) is 22.5 Å². The fourth-order valence-electron chi connectivity index (χ4n) is 3.63. The first-order valence-corrected chi connectivity index (χ1v) is 12.6. The lowest BCUT2D eigenvalue weighted by Crippen LogP contribution is -2.31. The van der Waals surface area contributed by atoms with Crippen molar-refractivity contribution >= 4 is 38.9 Å². The number of thiophene rings is 1. The van der Waals surface area contributed by atoms with Crippen LogP contribution in [0.2, 0.25) is 5.02 Å². The van der Waals surface area contributed by atoms with Crippen molar-refractivity contribution in [2.45, 2.75) is 37.8 Å². The Morgan fingerprint density at radius 1 is 1.16 bits per heavy atom. The molecule has 0 bridgehead atoms. The Morgan fingerprint density at radius 2 is 1.94 bits per heavy atom. The van der Waals surface area contributed by atoms with Gasteiger partial charge in [0.2, 0.25) is 10.0 Å². The van der Waals surface area contributed by atoms with E-state index < -0.39 is 10.0 Å². The first kappa shape index (κ1) is 22.1. The van der Waals surface area contributed by atoms with E-state index in [1.54, 1.807) is 34.6 Å². The van der Waals surface area contributed by atoms with E-state index in [0.29, 0.717) is 25.4 Å². The molecule has 1 fully saturated rings. The van der Waals surface area contributed by atoms with Gasteiger partial charge in [0.05, 0.1) is 34.8 Å². The molecule has 0 radical (unpaired) electrons. The third-order valence-electron chi connectivity index (χ3n) is 5.23. The number of halogens is 1. The highest BCUT2D eigenvalue weighted by Gasteiger charge is 2.29. The minimum absolute atomic E-state index is 0.0899. The molecule has 164 valence electrons. The molecule has 1 aromatic carbocycles. The zero-order valence-electron chi connectivity index (χ0n) is 17.1. The fourth-order valence-corrected chi connectivity index (χ4v) is 6.27. The van der Waals surface area contributed by atoms with Crippen LogP contribution in [0.3, 0.4) is 0 Å². The Hall–Kier alpha value is -2.13. The number of carbonyl (C=O) groups excluding carboxylic acids is 1. The molecule has 6 nitrogen and oxygen atoms in total. The van der Waals surface area contributed by atoms with Gasteiger partial charge in [-0.05, 0) is 62.2 Å². The molecule has 1 aliphatic heterocycles. The van der Waals surface area contributed by atoms with Gasteiger partial charge in [0.1, 0.15) is 5.76 Å². The standard InChI is InChI=1S/C22H23ClN2O4S2/c1-16-6-7-18(30-16)15-24(14-17-5-4-12-29-17)22(26)20-13-19(8-9-21(20)23)31(27,28)25-10-2-3-11-25/h4-9,12-13H,2-3,10-11,14-15H2,1H3. The van der Waals surface area contributed by atoms with Crippen molar-refractivity contribution in [2.24, 2.45) is 0 Å². The van der Waals surface area contributed by atoms with Gasteiger partial charge in [-0.25, -0.2) is 8.42 Å². The maximum atomic E-state index is 13.5. The highest BCUT2D eigenvalue weighted by Crippen LogP contribution is 2.28. The van der Waals surface area contributed by atoms with Crippen LogP contribution < -0.4 is 0 Å². The Bertz CT molecular complexity index is 1170. The van der Waals surface area contributed by atoms with E-state index in [0.717, 1.165) is 22.6 Å². The largest absolute Gasteiger partial charge is 0.467 e. The van der Waals surface area contributed by atoms with Gasteiger partial charge in [-0.3, -0.25) is 4.79 Å². The second-order valence-electron chi connectivity index (χ2n) is 7.51. The van der Waals surface area contributed by atoms with Gasteiger partial charge in [-0.15, -0.1) is 11.3 Å². The molecule has 0 saturated carbocycles. The summed E-state index contributed by atoms with van der Waals surface area (Å²) >= 11 is 7.97. The number of hydrogen-bond donors (Lipinski definition) is 0. The summed E-state index contributed by atoms with van der Waals surface area (Å²) in [5.74, 6) is 0.296. The van der Waals surface area contributed by atoms with Crippen LogP contribution in [-0.4, -0.2) is 36.6 Å². The molecule has 3 aromatic rings. The van der Waals surface area contributed by atoms with Crippen LogP contribution in [0.1, 0.15) is 38.7 Å². The minimum Gasteiger partial charge on any atom is -0.467 e. The van der Waals surface area contributed by atoms with E-state index >= 15 is 0 Å². The smallest absolute Gasteiger partial charge is 0.256 e. The monoisotopic (exact) mass is 478 g/mol. The van der Waals surface area contributed by atoms with Crippen molar-refractivity contribution in [1.82, 2.24) is 9.21 Å². The van der Waals surface area contributed by atoms with Gasteiger partial charge in [-0.1, -0.05) is 11.6 Å². The number of benzene rings is 1. The quantitative estimate of drug-likeness (QED) is 0.482. The van der Waals surface area contributed by atoms with Crippen LogP contribution in [0.5, 0.6) is 0 Å². The molecule has 3 heterocycles. The number of sulfonamides is 1. The van der Waals surface area contributed by atoms with Crippen LogP contribution in [-0.2, 0) is 23.1 Å². The fraction of sp³-hybridized carbons (Fsp3) is 0.318. The molecule has 2 aromatic heterocycles. The van der Waals surface area contributed by atoms with Gasteiger partial charge >= 0.3 is 0 Å². The van der Waals surface area contributed by atoms with Crippen molar-refractivity contribution < 1.29 is 17.6 Å². The summed E-state index contributed by atoms with van der Waals surface area (Å²) in [5.41, 5.74) is 0.168. The third kappa shape index (κ3) is 4.87. The molecule has 0 spiro atoms. The van der Waals surface area contributed by atoms with Crippen LogP contribution in [0.25, 0.3) is 0 Å². The van der Waals surface area contributed by atoms with Crippen molar-refractivity contribution in [3.63, 3.8) is 0 Å². The van der Waals surface area contributed by atoms with Crippen molar-refractivity contribution in [1.29, 1.82) is 0 Å². The number of rotatable bonds is 7. The van der Waals surface area contributed by atoms with Crippen molar-refractivity contribution in [2.75, 3.05) is 13.1 Å². The first-order chi connectivity index (χ1) is 14.8. The molecular formula is C22H23ClN2O4S2. The Kier molecular flexibility index (Phi) is 6.52. The molecule has 1 aliphatic rings. The maximum absolute atomic E-state index is 13.5. The summed E-state index contributed by atoms with van der Waals surface area (Å²) in [4.78, 5) is 17.4. The summed E-state index contributed by atoms with van der Waals surface area (Å²) in [6, 6.07) is 11.9. The first-order valence-electron chi connectivity index (χ1n) is 10.0. The Morgan fingerprint density at radius 3 is 2.58 bits per heavy atom. The number of aryl methyl sites for hydroxylation is 1. The zero-order chi connectivity index (χ0) is 22.0. The van der Waals surface area contributed by atoms with Crippen LogP contribution >= 0.6 is 22.9 Å². The van der Waals surface area contributed by atoms with Gasteiger partial charge in [-0.2, -0.15) is 4.31 Å². The molecule has 31 heavy (non-hydrogen) atoms. The second-order valence-corrected chi connectivity index (χ2v) is 11.2. The van der Waals surface area contributed by atoms with Gasteiger partial charge < -0.3 is 9.32 Å².